The monoisotopic (exact) mass is 393 g/mol. The lowest BCUT2D eigenvalue weighted by atomic mass is 10.1. The first kappa shape index (κ1) is 20.6. The molecule has 154 valence electrons. The molecule has 1 atom stereocenters. The van der Waals surface area contributed by atoms with Gasteiger partial charge in [0.25, 0.3) is 0 Å². The first-order valence-corrected chi connectivity index (χ1v) is 10.2. The van der Waals surface area contributed by atoms with Crippen molar-refractivity contribution in [1.29, 1.82) is 0 Å². The van der Waals surface area contributed by atoms with E-state index in [0.717, 1.165) is 30.2 Å². The molecule has 2 heterocycles. The van der Waals surface area contributed by atoms with E-state index in [1.165, 1.54) is 16.8 Å². The van der Waals surface area contributed by atoms with Crippen LogP contribution in [0.4, 0.5) is 0 Å². The second-order valence-electron chi connectivity index (χ2n) is 7.04. The zero-order chi connectivity index (χ0) is 20.8. The Morgan fingerprint density at radius 2 is 2.03 bits per heavy atom. The predicted molar refractivity (Wildman–Crippen MR) is 117 cm³/mol. The zero-order valence-electron chi connectivity index (χ0n) is 18.0. The van der Waals surface area contributed by atoms with Gasteiger partial charge in [0.15, 0.2) is 5.96 Å². The largest absolute Gasteiger partial charge is 0.352 e. The first-order chi connectivity index (χ1) is 14.1. The minimum Gasteiger partial charge on any atom is -0.352 e. The second kappa shape index (κ2) is 9.41. The molecule has 2 aromatic heterocycles. The van der Waals surface area contributed by atoms with Gasteiger partial charge >= 0.3 is 0 Å². The van der Waals surface area contributed by atoms with Gasteiger partial charge < -0.3 is 10.6 Å². The number of nitrogens with zero attached hydrogens (tertiary/aromatic N) is 5. The third-order valence-electron chi connectivity index (χ3n) is 5.18. The Hall–Kier alpha value is -3.09. The van der Waals surface area contributed by atoms with Gasteiger partial charge in [-0.3, -0.25) is 9.67 Å². The number of guanidine groups is 1. The molecule has 2 N–H and O–H groups in total. The summed E-state index contributed by atoms with van der Waals surface area (Å²) in [7, 11) is 3.82. The minimum atomic E-state index is 0.0990. The maximum Gasteiger partial charge on any atom is 0.191 e. The van der Waals surface area contributed by atoms with Crippen molar-refractivity contribution in [3.8, 4) is 5.69 Å². The fourth-order valence-electron chi connectivity index (χ4n) is 3.61. The molecule has 3 rings (SSSR count). The zero-order valence-corrected chi connectivity index (χ0v) is 18.0. The molecule has 0 aliphatic carbocycles. The van der Waals surface area contributed by atoms with E-state index in [-0.39, 0.29) is 6.04 Å². The van der Waals surface area contributed by atoms with E-state index in [0.29, 0.717) is 6.54 Å². The molecule has 0 radical (unpaired) electrons. The lowest BCUT2D eigenvalue weighted by Gasteiger charge is -2.19. The summed E-state index contributed by atoms with van der Waals surface area (Å²) in [5.74, 6) is 0.773. The summed E-state index contributed by atoms with van der Waals surface area (Å²) in [6, 6.07) is 10.4. The van der Waals surface area contributed by atoms with Crippen LogP contribution in [0.15, 0.2) is 47.7 Å². The highest BCUT2D eigenvalue weighted by molar-refractivity contribution is 5.80. The molecule has 1 aromatic carbocycles. The van der Waals surface area contributed by atoms with Crippen LogP contribution in [-0.4, -0.2) is 32.6 Å². The molecule has 0 amide bonds. The van der Waals surface area contributed by atoms with Crippen LogP contribution in [-0.2, 0) is 26.4 Å². The Kier molecular flexibility index (Phi) is 6.69. The van der Waals surface area contributed by atoms with Gasteiger partial charge in [-0.2, -0.15) is 10.2 Å². The molecule has 0 spiro atoms. The summed E-state index contributed by atoms with van der Waals surface area (Å²) in [5, 5.41) is 15.9. The molecule has 0 bridgehead atoms. The highest BCUT2D eigenvalue weighted by Gasteiger charge is 2.15. The molecule has 0 aliphatic heterocycles. The highest BCUT2D eigenvalue weighted by atomic mass is 15.3. The van der Waals surface area contributed by atoms with Crippen molar-refractivity contribution in [3.05, 3.63) is 65.2 Å². The number of aryl methyl sites for hydroxylation is 2. The molecule has 29 heavy (non-hydrogen) atoms. The number of rotatable bonds is 7. The Balaban J connectivity index is 1.69. The SMILES string of the molecule is CCc1nn(C)c(CC)c1CNC(=NC)NC(C)c1cccc(-n2cccn2)c1. The quantitative estimate of drug-likeness (QED) is 0.478. The fraction of sp³-hybridized carbons (Fsp3) is 0.409. The lowest BCUT2D eigenvalue weighted by Crippen LogP contribution is -2.38. The van der Waals surface area contributed by atoms with E-state index in [1.807, 2.05) is 28.7 Å². The van der Waals surface area contributed by atoms with E-state index in [4.69, 9.17) is 0 Å². The number of hydrogen-bond donors (Lipinski definition) is 2. The van der Waals surface area contributed by atoms with E-state index < -0.39 is 0 Å². The van der Waals surface area contributed by atoms with Gasteiger partial charge in [0, 0.05) is 44.3 Å². The number of aliphatic imine (C=N–C) groups is 1. The second-order valence-corrected chi connectivity index (χ2v) is 7.04. The number of aromatic nitrogens is 4. The summed E-state index contributed by atoms with van der Waals surface area (Å²) < 4.78 is 3.86. The third kappa shape index (κ3) is 4.67. The van der Waals surface area contributed by atoms with E-state index in [9.17, 15) is 0 Å². The van der Waals surface area contributed by atoms with E-state index >= 15 is 0 Å². The van der Waals surface area contributed by atoms with Crippen molar-refractivity contribution < 1.29 is 0 Å². The van der Waals surface area contributed by atoms with E-state index in [1.54, 1.807) is 13.2 Å². The molecule has 3 aromatic rings. The molecule has 0 aliphatic rings. The summed E-state index contributed by atoms with van der Waals surface area (Å²) in [5.41, 5.74) is 5.90. The average Bonchev–Trinajstić information content (AvgIpc) is 3.38. The van der Waals surface area contributed by atoms with Gasteiger partial charge in [-0.1, -0.05) is 26.0 Å². The minimum absolute atomic E-state index is 0.0990. The maximum atomic E-state index is 4.65. The van der Waals surface area contributed by atoms with Crippen LogP contribution in [0, 0.1) is 0 Å². The molecule has 0 saturated carbocycles. The predicted octanol–water partition coefficient (Wildman–Crippen LogP) is 3.16. The molecule has 1 unspecified atom stereocenters. The van der Waals surface area contributed by atoms with Gasteiger partial charge in [0.05, 0.1) is 17.4 Å². The Bertz CT molecular complexity index is 954. The van der Waals surface area contributed by atoms with Crippen molar-refractivity contribution in [3.63, 3.8) is 0 Å². The molecule has 0 fully saturated rings. The smallest absolute Gasteiger partial charge is 0.191 e. The van der Waals surface area contributed by atoms with Crippen LogP contribution >= 0.6 is 0 Å². The molecule has 0 saturated heterocycles. The molecular formula is C22H31N7. The molecular weight excluding hydrogens is 362 g/mol. The van der Waals surface area contributed by atoms with Gasteiger partial charge in [-0.15, -0.1) is 0 Å². The summed E-state index contributed by atoms with van der Waals surface area (Å²) in [6.45, 7) is 7.16. The van der Waals surface area contributed by atoms with Gasteiger partial charge in [0.1, 0.15) is 0 Å². The van der Waals surface area contributed by atoms with Gasteiger partial charge in [-0.05, 0) is 43.5 Å². The van der Waals surface area contributed by atoms with Crippen LogP contribution < -0.4 is 10.6 Å². The summed E-state index contributed by atoms with van der Waals surface area (Å²) in [4.78, 5) is 4.41. The van der Waals surface area contributed by atoms with Crippen molar-refractivity contribution in [2.75, 3.05) is 7.05 Å². The fourth-order valence-corrected chi connectivity index (χ4v) is 3.61. The first-order valence-electron chi connectivity index (χ1n) is 10.2. The normalized spacial score (nSPS) is 12.8. The Labute approximate surface area is 172 Å². The average molecular weight is 394 g/mol. The highest BCUT2D eigenvalue weighted by Crippen LogP contribution is 2.17. The van der Waals surface area contributed by atoms with Crippen LogP contribution in [0.5, 0.6) is 0 Å². The van der Waals surface area contributed by atoms with Crippen LogP contribution in [0.1, 0.15) is 49.3 Å². The number of nitrogens with one attached hydrogen (secondary N) is 2. The van der Waals surface area contributed by atoms with Gasteiger partial charge in [-0.25, -0.2) is 4.68 Å². The van der Waals surface area contributed by atoms with Gasteiger partial charge in [0.2, 0.25) is 0 Å². The van der Waals surface area contributed by atoms with Crippen LogP contribution in [0.2, 0.25) is 0 Å². The molecule has 7 heteroatoms. The maximum absolute atomic E-state index is 4.65. The van der Waals surface area contributed by atoms with Crippen LogP contribution in [0.3, 0.4) is 0 Å². The topological polar surface area (TPSA) is 72.1 Å². The van der Waals surface area contributed by atoms with Crippen molar-refractivity contribution in [1.82, 2.24) is 30.2 Å². The Morgan fingerprint density at radius 3 is 2.69 bits per heavy atom. The van der Waals surface area contributed by atoms with Crippen LogP contribution in [0.25, 0.3) is 5.69 Å². The summed E-state index contributed by atoms with van der Waals surface area (Å²) in [6.07, 6.45) is 5.62. The molecule has 7 nitrogen and oxygen atoms in total. The Morgan fingerprint density at radius 1 is 1.21 bits per heavy atom. The van der Waals surface area contributed by atoms with Crippen molar-refractivity contribution >= 4 is 5.96 Å². The van der Waals surface area contributed by atoms with Crippen molar-refractivity contribution in [2.24, 2.45) is 12.0 Å². The standard InChI is InChI=1S/C22H31N7/c1-6-20-19(21(7-2)28(5)27-20)15-24-22(23-4)26-16(3)17-10-8-11-18(14-17)29-13-9-12-25-29/h8-14,16H,6-7,15H2,1-5H3,(H2,23,24,26). The third-order valence-corrected chi connectivity index (χ3v) is 5.18. The number of benzene rings is 1. The van der Waals surface area contributed by atoms with Crippen molar-refractivity contribution in [2.45, 2.75) is 46.2 Å². The van der Waals surface area contributed by atoms with E-state index in [2.05, 4.69) is 70.9 Å². The number of hydrogen-bond acceptors (Lipinski definition) is 3. The lowest BCUT2D eigenvalue weighted by molar-refractivity contribution is 0.680. The summed E-state index contributed by atoms with van der Waals surface area (Å²) >= 11 is 0.